The van der Waals surface area contributed by atoms with Gasteiger partial charge in [-0.15, -0.1) is 0 Å². The van der Waals surface area contributed by atoms with Crippen molar-refractivity contribution < 1.29 is 14.9 Å². The predicted octanol–water partition coefficient (Wildman–Crippen LogP) is 4.57. The molecular weight excluding hydrogens is 300 g/mol. The summed E-state index contributed by atoms with van der Waals surface area (Å²) in [6.07, 6.45) is 5.49. The van der Waals surface area contributed by atoms with Gasteiger partial charge in [-0.1, -0.05) is 40.2 Å². The first-order valence-electron chi connectivity index (χ1n) is 9.33. The van der Waals surface area contributed by atoms with E-state index in [0.717, 1.165) is 36.8 Å². The van der Waals surface area contributed by atoms with Crippen LogP contribution in [0.1, 0.15) is 76.0 Å². The van der Waals surface area contributed by atoms with Crippen molar-refractivity contribution in [2.45, 2.75) is 77.7 Å². The lowest BCUT2D eigenvalue weighted by atomic mass is 9.59. The van der Waals surface area contributed by atoms with Crippen LogP contribution in [0.25, 0.3) is 0 Å². The molecule has 2 atom stereocenters. The number of phenolic OH excluding ortho intramolecular Hbond substituents is 1. The number of fused-ring (bicyclic) bond motifs is 2. The summed E-state index contributed by atoms with van der Waals surface area (Å²) in [6.45, 7) is 8.82. The fraction of sp³-hybridized carbons (Fsp3) is 0.714. The zero-order chi connectivity index (χ0) is 17.7. The van der Waals surface area contributed by atoms with Gasteiger partial charge in [-0.3, -0.25) is 0 Å². The third-order valence-corrected chi connectivity index (χ3v) is 6.51. The van der Waals surface area contributed by atoms with Gasteiger partial charge in [0, 0.05) is 17.5 Å². The van der Waals surface area contributed by atoms with Crippen molar-refractivity contribution in [2.75, 3.05) is 7.11 Å². The molecule has 0 heterocycles. The minimum atomic E-state index is -0.713. The topological polar surface area (TPSA) is 49.7 Å². The Morgan fingerprint density at radius 3 is 2.58 bits per heavy atom. The summed E-state index contributed by atoms with van der Waals surface area (Å²) in [4.78, 5) is 0. The van der Waals surface area contributed by atoms with Crippen molar-refractivity contribution in [1.29, 1.82) is 0 Å². The zero-order valence-corrected chi connectivity index (χ0v) is 15.8. The summed E-state index contributed by atoms with van der Waals surface area (Å²) >= 11 is 0. The van der Waals surface area contributed by atoms with Crippen molar-refractivity contribution in [3.63, 3.8) is 0 Å². The molecule has 0 aliphatic heterocycles. The maximum atomic E-state index is 11.5. The fourth-order valence-corrected chi connectivity index (χ4v) is 5.23. The van der Waals surface area contributed by atoms with E-state index in [1.54, 1.807) is 7.11 Å². The molecule has 3 rings (SSSR count). The molecule has 2 N–H and O–H groups in total. The SMILES string of the molecule is COc1c(C(C)C)cc2c(c1O)C[C@@]1(O)CCCC(C)(C)[C@@H]1CC2. The van der Waals surface area contributed by atoms with Gasteiger partial charge in [0.15, 0.2) is 11.5 Å². The van der Waals surface area contributed by atoms with Crippen LogP contribution >= 0.6 is 0 Å². The average molecular weight is 332 g/mol. The normalized spacial score (nSPS) is 28.9. The molecule has 134 valence electrons. The average Bonchev–Trinajstić information content (AvgIpc) is 2.64. The summed E-state index contributed by atoms with van der Waals surface area (Å²) in [6, 6.07) is 2.20. The van der Waals surface area contributed by atoms with Crippen LogP contribution in [0.5, 0.6) is 11.5 Å². The number of aromatic hydroxyl groups is 1. The second-order valence-corrected chi connectivity index (χ2v) is 8.85. The first-order valence-corrected chi connectivity index (χ1v) is 9.33. The number of methoxy groups -OCH3 is 1. The van der Waals surface area contributed by atoms with E-state index in [4.69, 9.17) is 4.74 Å². The summed E-state index contributed by atoms with van der Waals surface area (Å²) < 4.78 is 5.52. The Labute approximate surface area is 146 Å². The second-order valence-electron chi connectivity index (χ2n) is 8.85. The van der Waals surface area contributed by atoms with Crippen molar-refractivity contribution in [3.8, 4) is 11.5 Å². The van der Waals surface area contributed by atoms with Crippen molar-refractivity contribution in [2.24, 2.45) is 11.3 Å². The lowest BCUT2D eigenvalue weighted by Crippen LogP contribution is -2.50. The van der Waals surface area contributed by atoms with Crippen molar-refractivity contribution in [3.05, 3.63) is 22.8 Å². The summed E-state index contributed by atoms with van der Waals surface area (Å²) in [5.74, 6) is 1.40. The lowest BCUT2D eigenvalue weighted by Gasteiger charge is -2.49. The highest BCUT2D eigenvalue weighted by Gasteiger charge is 2.49. The van der Waals surface area contributed by atoms with Gasteiger partial charge in [0.05, 0.1) is 12.7 Å². The Balaban J connectivity index is 2.11. The third kappa shape index (κ3) is 2.71. The maximum absolute atomic E-state index is 11.5. The number of benzene rings is 1. The van der Waals surface area contributed by atoms with Gasteiger partial charge >= 0.3 is 0 Å². The molecule has 0 bridgehead atoms. The maximum Gasteiger partial charge on any atom is 0.164 e. The minimum absolute atomic E-state index is 0.148. The van der Waals surface area contributed by atoms with Crippen LogP contribution in [0.4, 0.5) is 0 Å². The molecule has 0 aromatic heterocycles. The Hall–Kier alpha value is -1.22. The highest BCUT2D eigenvalue weighted by atomic mass is 16.5. The number of aryl methyl sites for hydroxylation is 1. The Morgan fingerprint density at radius 1 is 1.25 bits per heavy atom. The highest BCUT2D eigenvalue weighted by molar-refractivity contribution is 5.57. The molecule has 0 amide bonds. The van der Waals surface area contributed by atoms with E-state index in [0.29, 0.717) is 18.1 Å². The van der Waals surface area contributed by atoms with Gasteiger partial charge in [0.1, 0.15) is 0 Å². The van der Waals surface area contributed by atoms with E-state index in [9.17, 15) is 10.2 Å². The van der Waals surface area contributed by atoms with Crippen LogP contribution in [0.15, 0.2) is 6.07 Å². The molecule has 2 aliphatic rings. The molecule has 1 saturated carbocycles. The number of aliphatic hydroxyl groups is 1. The smallest absolute Gasteiger partial charge is 0.164 e. The Kier molecular flexibility index (Phi) is 4.36. The van der Waals surface area contributed by atoms with Gasteiger partial charge in [-0.25, -0.2) is 0 Å². The molecule has 0 unspecified atom stereocenters. The lowest BCUT2D eigenvalue weighted by molar-refractivity contribution is -0.102. The number of hydrogen-bond acceptors (Lipinski definition) is 3. The predicted molar refractivity (Wildman–Crippen MR) is 96.8 cm³/mol. The second kappa shape index (κ2) is 5.94. The molecule has 1 fully saturated rings. The monoisotopic (exact) mass is 332 g/mol. The first-order chi connectivity index (χ1) is 11.2. The standard InChI is InChI=1S/C21H32O3/c1-13(2)15-11-14-7-8-17-20(3,4)9-6-10-21(17,23)12-16(14)18(22)19(15)24-5/h11,13,17,22-23H,6-10,12H2,1-5H3/t17-,21-/m0/s1. The molecule has 0 radical (unpaired) electrons. The molecule has 1 aromatic rings. The number of rotatable bonds is 2. The molecule has 3 nitrogen and oxygen atoms in total. The molecule has 3 heteroatoms. The molecule has 2 aliphatic carbocycles. The third-order valence-electron chi connectivity index (χ3n) is 6.51. The van der Waals surface area contributed by atoms with Crippen molar-refractivity contribution >= 4 is 0 Å². The van der Waals surface area contributed by atoms with Gasteiger partial charge in [-0.05, 0) is 48.5 Å². The van der Waals surface area contributed by atoms with E-state index in [1.807, 2.05) is 0 Å². The van der Waals surface area contributed by atoms with E-state index in [2.05, 4.69) is 33.8 Å². The van der Waals surface area contributed by atoms with Gasteiger partial charge < -0.3 is 14.9 Å². The molecule has 24 heavy (non-hydrogen) atoms. The van der Waals surface area contributed by atoms with Gasteiger partial charge in [0.2, 0.25) is 0 Å². The van der Waals surface area contributed by atoms with Crippen LogP contribution in [-0.2, 0) is 12.8 Å². The molecule has 1 aromatic carbocycles. The van der Waals surface area contributed by atoms with Crippen LogP contribution in [0.2, 0.25) is 0 Å². The summed E-state index contributed by atoms with van der Waals surface area (Å²) in [5.41, 5.74) is 2.59. The number of ether oxygens (including phenoxy) is 1. The molecular formula is C21H32O3. The zero-order valence-electron chi connectivity index (χ0n) is 15.8. The highest BCUT2D eigenvalue weighted by Crippen LogP contribution is 2.53. The van der Waals surface area contributed by atoms with E-state index in [-0.39, 0.29) is 17.1 Å². The van der Waals surface area contributed by atoms with Crippen LogP contribution in [-0.4, -0.2) is 22.9 Å². The van der Waals surface area contributed by atoms with Gasteiger partial charge in [-0.2, -0.15) is 0 Å². The summed E-state index contributed by atoms with van der Waals surface area (Å²) in [7, 11) is 1.62. The number of hydrogen-bond donors (Lipinski definition) is 2. The number of phenols is 1. The van der Waals surface area contributed by atoms with E-state index < -0.39 is 5.60 Å². The Morgan fingerprint density at radius 2 is 1.96 bits per heavy atom. The van der Waals surface area contributed by atoms with Crippen molar-refractivity contribution in [1.82, 2.24) is 0 Å². The molecule has 0 spiro atoms. The summed E-state index contributed by atoms with van der Waals surface area (Å²) in [5, 5.41) is 22.4. The van der Waals surface area contributed by atoms with Crippen LogP contribution in [0, 0.1) is 11.3 Å². The first kappa shape index (κ1) is 17.6. The quantitative estimate of drug-likeness (QED) is 0.834. The van der Waals surface area contributed by atoms with Gasteiger partial charge in [0.25, 0.3) is 0 Å². The largest absolute Gasteiger partial charge is 0.504 e. The van der Waals surface area contributed by atoms with E-state index in [1.165, 1.54) is 12.0 Å². The van der Waals surface area contributed by atoms with Crippen LogP contribution < -0.4 is 4.74 Å². The van der Waals surface area contributed by atoms with E-state index >= 15 is 0 Å². The minimum Gasteiger partial charge on any atom is -0.504 e. The Bertz CT molecular complexity index is 632. The van der Waals surface area contributed by atoms with Crippen LogP contribution in [0.3, 0.4) is 0 Å². The fourth-order valence-electron chi connectivity index (χ4n) is 5.23. The molecule has 0 saturated heterocycles.